The van der Waals surface area contributed by atoms with Gasteiger partial charge in [0.15, 0.2) is 5.65 Å². The average Bonchev–Trinajstić information content (AvgIpc) is 3.47. The number of alkyl halides is 3. The number of aromatic amines is 1. The molecule has 38 heavy (non-hydrogen) atoms. The molecule has 2 fully saturated rings. The molecule has 1 atom stereocenters. The van der Waals surface area contributed by atoms with Crippen molar-refractivity contribution < 1.29 is 18.0 Å². The highest BCUT2D eigenvalue weighted by atomic mass is 19.4. The number of urea groups is 1. The van der Waals surface area contributed by atoms with Crippen LogP contribution in [0.25, 0.3) is 11.2 Å². The lowest BCUT2D eigenvalue weighted by Crippen LogP contribution is -2.55. The fourth-order valence-electron chi connectivity index (χ4n) is 5.62. The minimum atomic E-state index is -4.65. The number of carbonyl (C=O) groups excluding carboxylic acids is 1. The predicted molar refractivity (Wildman–Crippen MR) is 134 cm³/mol. The van der Waals surface area contributed by atoms with E-state index in [4.69, 9.17) is 0 Å². The van der Waals surface area contributed by atoms with Crippen molar-refractivity contribution in [3.63, 3.8) is 0 Å². The highest BCUT2D eigenvalue weighted by Crippen LogP contribution is 2.43. The van der Waals surface area contributed by atoms with Gasteiger partial charge in [-0.15, -0.1) is 0 Å². The monoisotopic (exact) mass is 528 g/mol. The van der Waals surface area contributed by atoms with Gasteiger partial charge in [0, 0.05) is 44.6 Å². The molecule has 1 unspecified atom stereocenters. The number of halogens is 3. The number of piperidine rings is 1. The summed E-state index contributed by atoms with van der Waals surface area (Å²) in [6.45, 7) is 3.67. The molecule has 2 aliphatic rings. The van der Waals surface area contributed by atoms with Crippen LogP contribution in [0.15, 0.2) is 29.5 Å². The van der Waals surface area contributed by atoms with Crippen molar-refractivity contribution in [2.24, 2.45) is 13.0 Å². The van der Waals surface area contributed by atoms with Crippen molar-refractivity contribution in [3.05, 3.63) is 46.1 Å². The van der Waals surface area contributed by atoms with Crippen LogP contribution in [0.4, 0.5) is 29.5 Å². The van der Waals surface area contributed by atoms with E-state index in [-0.39, 0.29) is 5.92 Å². The Balaban J connectivity index is 1.37. The summed E-state index contributed by atoms with van der Waals surface area (Å²) in [5.74, 6) is 0.878. The van der Waals surface area contributed by atoms with Crippen LogP contribution in [-0.4, -0.2) is 55.6 Å². The maximum absolute atomic E-state index is 13.4. The average molecular weight is 529 g/mol. The van der Waals surface area contributed by atoms with Crippen molar-refractivity contribution in [1.29, 1.82) is 5.26 Å². The molecule has 200 valence electrons. The second kappa shape index (κ2) is 9.34. The summed E-state index contributed by atoms with van der Waals surface area (Å²) in [6, 6.07) is 2.22. The van der Waals surface area contributed by atoms with Gasteiger partial charge in [0.1, 0.15) is 23.1 Å². The van der Waals surface area contributed by atoms with Crippen LogP contribution in [-0.2, 0) is 13.2 Å². The number of aryl methyl sites for hydroxylation is 1. The van der Waals surface area contributed by atoms with Gasteiger partial charge in [0.25, 0.3) is 5.56 Å². The lowest BCUT2D eigenvalue weighted by molar-refractivity contribution is -0.138. The Morgan fingerprint density at radius 2 is 2.08 bits per heavy atom. The molecule has 3 aromatic heterocycles. The van der Waals surface area contributed by atoms with Crippen LogP contribution in [0, 0.1) is 17.2 Å². The second-order valence-electron chi connectivity index (χ2n) is 10.0. The molecule has 10 nitrogen and oxygen atoms in total. The molecule has 5 rings (SSSR count). The molecule has 5 heterocycles. The van der Waals surface area contributed by atoms with E-state index in [1.807, 2.05) is 6.92 Å². The number of anilines is 2. The summed E-state index contributed by atoms with van der Waals surface area (Å²) in [5, 5.41) is 11.8. The predicted octanol–water partition coefficient (Wildman–Crippen LogP) is 3.85. The molecule has 0 aliphatic carbocycles. The molecule has 1 spiro atoms. The van der Waals surface area contributed by atoms with Crippen LogP contribution in [0.5, 0.6) is 0 Å². The minimum Gasteiger partial charge on any atom is -0.355 e. The number of likely N-dealkylation sites (tertiary alicyclic amines) is 1. The first kappa shape index (κ1) is 25.6. The first-order valence-corrected chi connectivity index (χ1v) is 12.4. The molecule has 2 N–H and O–H groups in total. The van der Waals surface area contributed by atoms with Gasteiger partial charge in [-0.25, -0.2) is 14.8 Å². The Morgan fingerprint density at radius 1 is 1.34 bits per heavy atom. The number of carbonyl (C=O) groups is 1. The van der Waals surface area contributed by atoms with E-state index in [9.17, 15) is 28.0 Å². The molecule has 0 saturated carbocycles. The fraction of sp³-hybridized carbons (Fsp3) is 0.480. The van der Waals surface area contributed by atoms with Gasteiger partial charge in [-0.3, -0.25) is 4.79 Å². The Kier molecular flexibility index (Phi) is 6.28. The number of hydrogen-bond donors (Lipinski definition) is 2. The van der Waals surface area contributed by atoms with E-state index in [2.05, 4.69) is 31.2 Å². The SMILES string of the molecule is CCC1CN(C(=O)Nc2cc(C(F)(F)F)cn(C)c2=O)C2(CCN(c3cnc4[nH]cc(C#N)c4n3)CC2)C1. The number of hydrogen-bond acceptors (Lipinski definition) is 6. The van der Waals surface area contributed by atoms with Gasteiger partial charge in [-0.1, -0.05) is 13.3 Å². The smallest absolute Gasteiger partial charge is 0.355 e. The van der Waals surface area contributed by atoms with Gasteiger partial charge in [-0.2, -0.15) is 18.4 Å². The van der Waals surface area contributed by atoms with Crippen LogP contribution in [0.2, 0.25) is 0 Å². The number of H-pyrrole nitrogens is 1. The third kappa shape index (κ3) is 4.44. The third-order valence-corrected chi connectivity index (χ3v) is 7.76. The van der Waals surface area contributed by atoms with Crippen LogP contribution < -0.4 is 15.8 Å². The summed E-state index contributed by atoms with van der Waals surface area (Å²) in [6.07, 6.45) is 2.14. The molecular formula is C25H27F3N8O2. The Morgan fingerprint density at radius 3 is 2.74 bits per heavy atom. The van der Waals surface area contributed by atoms with Gasteiger partial charge in [-0.05, 0) is 31.2 Å². The van der Waals surface area contributed by atoms with Gasteiger partial charge < -0.3 is 24.7 Å². The van der Waals surface area contributed by atoms with E-state index >= 15 is 0 Å². The Labute approximate surface area is 216 Å². The highest BCUT2D eigenvalue weighted by Gasteiger charge is 2.49. The van der Waals surface area contributed by atoms with Gasteiger partial charge >= 0.3 is 12.2 Å². The lowest BCUT2D eigenvalue weighted by atomic mass is 9.82. The number of nitriles is 1. The number of amides is 2. The number of nitrogens with one attached hydrogen (secondary N) is 2. The van der Waals surface area contributed by atoms with Crippen LogP contribution in [0.1, 0.15) is 43.7 Å². The summed E-state index contributed by atoms with van der Waals surface area (Å²) in [5.41, 5.74) is -1.17. The maximum atomic E-state index is 13.4. The molecule has 2 saturated heterocycles. The van der Waals surface area contributed by atoms with E-state index < -0.39 is 34.6 Å². The van der Waals surface area contributed by atoms with E-state index in [0.29, 0.717) is 67.3 Å². The molecule has 0 bridgehead atoms. The first-order valence-electron chi connectivity index (χ1n) is 12.4. The van der Waals surface area contributed by atoms with Crippen molar-refractivity contribution in [3.8, 4) is 6.07 Å². The zero-order valence-corrected chi connectivity index (χ0v) is 21.0. The van der Waals surface area contributed by atoms with Crippen molar-refractivity contribution in [2.45, 2.75) is 44.3 Å². The molecule has 3 aromatic rings. The molecule has 0 aromatic carbocycles. The topological polar surface area (TPSA) is 123 Å². The Bertz CT molecular complexity index is 1480. The molecule has 0 radical (unpaired) electrons. The van der Waals surface area contributed by atoms with Crippen molar-refractivity contribution in [2.75, 3.05) is 29.9 Å². The summed E-state index contributed by atoms with van der Waals surface area (Å²) in [7, 11) is 1.22. The molecule has 2 amide bonds. The van der Waals surface area contributed by atoms with E-state index in [1.54, 1.807) is 17.3 Å². The second-order valence-corrected chi connectivity index (χ2v) is 10.0. The maximum Gasteiger partial charge on any atom is 0.417 e. The molecule has 2 aliphatic heterocycles. The normalized spacial score (nSPS) is 19.2. The lowest BCUT2D eigenvalue weighted by Gasteiger charge is -2.45. The van der Waals surface area contributed by atoms with Crippen LogP contribution in [0.3, 0.4) is 0 Å². The van der Waals surface area contributed by atoms with Crippen molar-refractivity contribution >= 4 is 28.7 Å². The van der Waals surface area contributed by atoms with Crippen molar-refractivity contribution in [1.82, 2.24) is 24.4 Å². The number of pyridine rings is 1. The number of aromatic nitrogens is 4. The highest BCUT2D eigenvalue weighted by molar-refractivity contribution is 5.90. The number of rotatable bonds is 3. The minimum absolute atomic E-state index is 0.242. The number of fused-ring (bicyclic) bond motifs is 1. The number of nitrogens with zero attached hydrogens (tertiary/aromatic N) is 6. The first-order chi connectivity index (χ1) is 18.0. The summed E-state index contributed by atoms with van der Waals surface area (Å²) in [4.78, 5) is 41.6. The fourth-order valence-corrected chi connectivity index (χ4v) is 5.62. The largest absolute Gasteiger partial charge is 0.417 e. The summed E-state index contributed by atoms with van der Waals surface area (Å²) >= 11 is 0. The van der Waals surface area contributed by atoms with Gasteiger partial charge in [0.2, 0.25) is 0 Å². The third-order valence-electron chi connectivity index (χ3n) is 7.76. The van der Waals surface area contributed by atoms with E-state index in [1.165, 1.54) is 7.05 Å². The Hall–Kier alpha value is -4.08. The quantitative estimate of drug-likeness (QED) is 0.533. The molecule has 13 heteroatoms. The molecular weight excluding hydrogens is 501 g/mol. The van der Waals surface area contributed by atoms with E-state index in [0.717, 1.165) is 17.4 Å². The standard InChI is InChI=1S/C25H27F3N8O2/c1-3-15-9-24(4-6-35(7-5-24)19-12-31-21-20(33-19)16(10-29)11-30-21)36(13-15)23(38)32-18-8-17(25(26,27)28)14-34(2)22(18)37/h8,11-12,14-15H,3-7,9,13H2,1-2H3,(H,30,31)(H,32,38). The van der Waals surface area contributed by atoms with Crippen LogP contribution >= 0.6 is 0 Å². The van der Waals surface area contributed by atoms with Gasteiger partial charge in [0.05, 0.1) is 17.3 Å². The zero-order chi connectivity index (χ0) is 27.2. The summed E-state index contributed by atoms with van der Waals surface area (Å²) < 4.78 is 40.8. The zero-order valence-electron chi connectivity index (χ0n) is 21.0.